The van der Waals surface area contributed by atoms with Crippen LogP contribution in [-0.2, 0) is 62.0 Å². The zero-order chi connectivity index (χ0) is 66.4. The van der Waals surface area contributed by atoms with Gasteiger partial charge in [0.2, 0.25) is 39.1 Å². The van der Waals surface area contributed by atoms with Crippen molar-refractivity contribution in [3.63, 3.8) is 0 Å². The number of esters is 1. The molecule has 2 aromatic heterocycles. The number of benzene rings is 5. The minimum atomic E-state index is -4.32. The van der Waals surface area contributed by atoms with Crippen molar-refractivity contribution in [2.45, 2.75) is 135 Å². The molecule has 92 heavy (non-hydrogen) atoms. The van der Waals surface area contributed by atoms with E-state index in [0.717, 1.165) is 34.9 Å². The summed E-state index contributed by atoms with van der Waals surface area (Å²) in [5, 5.41) is 17.5. The van der Waals surface area contributed by atoms with Gasteiger partial charge < -0.3 is 50.7 Å². The van der Waals surface area contributed by atoms with Crippen LogP contribution in [0, 0.1) is 20.8 Å². The van der Waals surface area contributed by atoms with Crippen LogP contribution in [0.2, 0.25) is 0 Å². The van der Waals surface area contributed by atoms with Crippen molar-refractivity contribution in [3.8, 4) is 0 Å². The number of fused-ring (bicyclic) bond motifs is 1. The number of aromatic nitrogens is 3. The Kier molecular flexibility index (Phi) is 25.4. The van der Waals surface area contributed by atoms with Crippen LogP contribution in [0.15, 0.2) is 150 Å². The molecule has 2 atom stereocenters. The van der Waals surface area contributed by atoms with E-state index in [1.807, 2.05) is 80.7 Å². The van der Waals surface area contributed by atoms with Crippen molar-refractivity contribution >= 4 is 62.6 Å². The van der Waals surface area contributed by atoms with Gasteiger partial charge >= 0.3 is 12.1 Å². The molecule has 5 aromatic carbocycles. The molecule has 2 heterocycles. The fourth-order valence-electron chi connectivity index (χ4n) is 11.1. The maximum atomic E-state index is 14.5. The summed E-state index contributed by atoms with van der Waals surface area (Å²) in [5.74, 6) is -2.24. The van der Waals surface area contributed by atoms with E-state index in [9.17, 15) is 42.0 Å². The lowest BCUT2D eigenvalue weighted by molar-refractivity contribution is -0.142. The third kappa shape index (κ3) is 19.0. The maximum Gasteiger partial charge on any atom is 0.408 e. The Labute approximate surface area is 538 Å². The first-order valence-corrected chi connectivity index (χ1v) is 32.5. The molecule has 0 radical (unpaired) electrons. The Morgan fingerprint density at radius 1 is 0.696 bits per heavy atom. The molecular weight excluding hydrogens is 1190 g/mol. The second kappa shape index (κ2) is 33.2. The van der Waals surface area contributed by atoms with E-state index in [-0.39, 0.29) is 66.0 Å². The molecule has 23 heteroatoms. The fourth-order valence-corrected chi connectivity index (χ4v) is 12.7. The maximum absolute atomic E-state index is 14.5. The average molecular weight is 1280 g/mol. The number of imidazole rings is 1. The van der Waals surface area contributed by atoms with Crippen molar-refractivity contribution in [1.29, 1.82) is 0 Å². The Hall–Kier alpha value is -9.19. The number of nitrogens with zero attached hydrogens (tertiary/aromatic N) is 3. The first-order valence-electron chi connectivity index (χ1n) is 31.0. The van der Waals surface area contributed by atoms with Crippen LogP contribution < -0.4 is 42.1 Å². The number of alkyl carbamates (subject to hydrolysis) is 1. The number of pyridine rings is 1. The summed E-state index contributed by atoms with van der Waals surface area (Å²) in [4.78, 5) is 97.3. The van der Waals surface area contributed by atoms with Gasteiger partial charge in [0.1, 0.15) is 28.8 Å². The highest BCUT2D eigenvalue weighted by atomic mass is 32.2. The number of amides is 5. The van der Waals surface area contributed by atoms with E-state index in [4.69, 9.17) is 19.2 Å². The van der Waals surface area contributed by atoms with Gasteiger partial charge in [0.25, 0.3) is 5.91 Å². The third-order valence-electron chi connectivity index (χ3n) is 15.2. The molecule has 7 rings (SSSR count). The van der Waals surface area contributed by atoms with Gasteiger partial charge in [-0.3, -0.25) is 33.3 Å². The lowest BCUT2D eigenvalue weighted by Gasteiger charge is -2.38. The number of rotatable bonds is 33. The summed E-state index contributed by atoms with van der Waals surface area (Å²) >= 11 is 0. The van der Waals surface area contributed by atoms with Gasteiger partial charge in [0, 0.05) is 89.3 Å². The Morgan fingerprint density at radius 3 is 1.82 bits per heavy atom. The number of methoxy groups -OCH3 is 1. The molecule has 0 fully saturated rings. The third-order valence-corrected chi connectivity index (χ3v) is 16.9. The van der Waals surface area contributed by atoms with Crippen LogP contribution in [0.1, 0.15) is 122 Å². The van der Waals surface area contributed by atoms with Crippen LogP contribution in [0.25, 0.3) is 10.9 Å². The summed E-state index contributed by atoms with van der Waals surface area (Å²) in [6.07, 6.45) is 6.87. The molecular formula is C69H86N10O12S. The quantitative estimate of drug-likeness (QED) is 0.0117. The standard InChI is InChI=1S/C69H86N10O12S/c1-9-22-56(76-67(86)91-68(5,6)7)64(84)72-35-21-40-90-39-20-34-71-60(81)32-31-59(80)70-33-19-37-78-46-55(63(83)74-45-57(65(85)89-8)77-92(87,88)62-48(3)41-47(2)42-49(62)4)61(82)54-30-29-50(43-58(54)78)44-75-66-73-36-38-79(66)69(51-23-13-10-14-24-51,52-25-15-11-16-26-52)53-27-17-12-18-28-53/h10-18,23-30,36,38,41-43,46,56-57,77H,9,19-22,31-35,37,39-40,44-45H2,1-8H3,(H,70,80)(H,71,81)(H,72,84)(H,73,75)(H,74,83)(H,76,86). The van der Waals surface area contributed by atoms with Gasteiger partial charge in [-0.05, 0) is 113 Å². The number of hydrogen-bond donors (Lipinski definition) is 7. The number of nitrogens with one attached hydrogen (secondary N) is 7. The summed E-state index contributed by atoms with van der Waals surface area (Å²) in [7, 11) is -3.22. The lowest BCUT2D eigenvalue weighted by atomic mass is 9.76. The Bertz CT molecular complexity index is 3720. The van der Waals surface area contributed by atoms with Crippen LogP contribution in [0.3, 0.4) is 0 Å². The number of carbonyl (C=O) groups excluding carboxylic acids is 6. The van der Waals surface area contributed by atoms with Gasteiger partial charge in [0.15, 0.2) is 0 Å². The molecule has 2 unspecified atom stereocenters. The average Bonchev–Trinajstić information content (AvgIpc) is 1.22. The van der Waals surface area contributed by atoms with Gasteiger partial charge in [-0.15, -0.1) is 0 Å². The van der Waals surface area contributed by atoms with Crippen LogP contribution in [0.5, 0.6) is 0 Å². The molecule has 0 saturated heterocycles. The number of aryl methyl sites for hydroxylation is 4. The minimum Gasteiger partial charge on any atom is -0.468 e. The van der Waals surface area contributed by atoms with Crippen LogP contribution >= 0.6 is 0 Å². The van der Waals surface area contributed by atoms with Crippen LogP contribution in [0.4, 0.5) is 10.7 Å². The normalized spacial score (nSPS) is 12.3. The zero-order valence-corrected chi connectivity index (χ0v) is 54.5. The Balaban J connectivity index is 1.00. The van der Waals surface area contributed by atoms with Crippen molar-refractivity contribution < 1.29 is 51.4 Å². The van der Waals surface area contributed by atoms with Crippen molar-refractivity contribution in [3.05, 3.63) is 195 Å². The van der Waals surface area contributed by atoms with Gasteiger partial charge in [-0.2, -0.15) is 4.72 Å². The second-order valence-electron chi connectivity index (χ2n) is 23.5. The fraction of sp³-hybridized carbons (Fsp3) is 0.391. The van der Waals surface area contributed by atoms with Crippen molar-refractivity contribution in [1.82, 2.24) is 45.4 Å². The SMILES string of the molecule is CCCC(NC(=O)OC(C)(C)C)C(=O)NCCCOCCCNC(=O)CCC(=O)NCCCn1cc(C(=O)NCC(NS(=O)(=O)c2c(C)cc(C)cc2C)C(=O)OC)c(=O)c2ccc(CNc3nccn3C(c3ccccc3)(c3ccccc3)c3ccccc3)cc21. The van der Waals surface area contributed by atoms with Crippen LogP contribution in [-0.4, -0.2) is 122 Å². The highest BCUT2D eigenvalue weighted by Crippen LogP contribution is 2.42. The van der Waals surface area contributed by atoms with E-state index in [0.29, 0.717) is 81.0 Å². The lowest BCUT2D eigenvalue weighted by Crippen LogP contribution is -2.49. The van der Waals surface area contributed by atoms with E-state index in [1.54, 1.807) is 69.6 Å². The van der Waals surface area contributed by atoms with Gasteiger partial charge in [-0.1, -0.05) is 128 Å². The predicted molar refractivity (Wildman–Crippen MR) is 352 cm³/mol. The van der Waals surface area contributed by atoms with Gasteiger partial charge in [-0.25, -0.2) is 18.2 Å². The molecule has 0 aliphatic heterocycles. The smallest absolute Gasteiger partial charge is 0.408 e. The van der Waals surface area contributed by atoms with Gasteiger partial charge in [0.05, 0.1) is 17.5 Å². The molecule has 0 aliphatic carbocycles. The molecule has 7 aromatic rings. The summed E-state index contributed by atoms with van der Waals surface area (Å²) in [5.41, 5.74) is 3.58. The number of ether oxygens (including phenoxy) is 3. The highest BCUT2D eigenvalue weighted by Gasteiger charge is 2.40. The molecule has 22 nitrogen and oxygen atoms in total. The number of hydrogen-bond acceptors (Lipinski definition) is 14. The van der Waals surface area contributed by atoms with Crippen molar-refractivity contribution in [2.24, 2.45) is 0 Å². The molecule has 7 N–H and O–H groups in total. The van der Waals surface area contributed by atoms with E-state index in [1.165, 1.54) is 6.20 Å². The molecule has 0 aliphatic rings. The highest BCUT2D eigenvalue weighted by molar-refractivity contribution is 7.89. The summed E-state index contributed by atoms with van der Waals surface area (Å²) in [6, 6.07) is 37.0. The van der Waals surface area contributed by atoms with Crippen molar-refractivity contribution in [2.75, 3.05) is 51.8 Å². The van der Waals surface area contributed by atoms with E-state index in [2.05, 4.69) is 77.6 Å². The summed E-state index contributed by atoms with van der Waals surface area (Å²) < 4.78 is 49.7. The molecule has 0 spiro atoms. The molecule has 0 bridgehead atoms. The molecule has 5 amide bonds. The number of carbonyl (C=O) groups is 6. The number of sulfonamides is 1. The van der Waals surface area contributed by atoms with E-state index >= 15 is 0 Å². The first kappa shape index (κ1) is 70.3. The second-order valence-corrected chi connectivity index (χ2v) is 25.1. The first-order chi connectivity index (χ1) is 44.1. The molecule has 490 valence electrons. The van der Waals surface area contributed by atoms with E-state index < -0.39 is 63.2 Å². The minimum absolute atomic E-state index is 0.0135. The Morgan fingerprint density at radius 2 is 1.26 bits per heavy atom. The summed E-state index contributed by atoms with van der Waals surface area (Å²) in [6.45, 7) is 13.8. The number of anilines is 1. The topological polar surface area (TPSA) is 288 Å². The predicted octanol–water partition coefficient (Wildman–Crippen LogP) is 7.83. The zero-order valence-electron chi connectivity index (χ0n) is 53.7. The largest absolute Gasteiger partial charge is 0.468 e. The molecule has 0 saturated carbocycles. The monoisotopic (exact) mass is 1280 g/mol.